The van der Waals surface area contributed by atoms with E-state index in [1.807, 2.05) is 42.5 Å². The van der Waals surface area contributed by atoms with Crippen LogP contribution in [0.25, 0.3) is 0 Å². The van der Waals surface area contributed by atoms with Crippen LogP contribution in [0.4, 0.5) is 5.69 Å². The Labute approximate surface area is 184 Å². The standard InChI is InChI=1S/C15H23N3O2S.C8H10O/c1-17-5-7-18(8-6-17)9-10-21-16-14-11-13(12-19)3-4-15(14)20-2;1-9-7-8-5-3-2-4-6-8/h3-4,11-12,16H,5-10H2,1-2H3;2-6H,7H2,1H3. The maximum atomic E-state index is 10.8. The van der Waals surface area contributed by atoms with E-state index in [0.717, 1.165) is 56.2 Å². The van der Waals surface area contributed by atoms with Crippen molar-refractivity contribution in [3.8, 4) is 5.75 Å². The zero-order valence-electron chi connectivity index (χ0n) is 18.2. The van der Waals surface area contributed by atoms with Crippen LogP contribution in [0.2, 0.25) is 0 Å². The second-order valence-corrected chi connectivity index (χ2v) is 7.99. The number of piperazine rings is 1. The van der Waals surface area contributed by atoms with Crippen molar-refractivity contribution in [2.24, 2.45) is 0 Å². The number of aldehydes is 1. The lowest BCUT2D eigenvalue weighted by atomic mass is 10.2. The molecule has 6 nitrogen and oxygen atoms in total. The molecule has 0 amide bonds. The van der Waals surface area contributed by atoms with Gasteiger partial charge in [0.15, 0.2) is 0 Å². The third-order valence-corrected chi connectivity index (χ3v) is 5.55. The Hall–Kier alpha value is -2.06. The van der Waals surface area contributed by atoms with E-state index < -0.39 is 0 Å². The molecule has 0 aromatic heterocycles. The second-order valence-electron chi connectivity index (χ2n) is 7.09. The van der Waals surface area contributed by atoms with Crippen molar-refractivity contribution in [3.63, 3.8) is 0 Å². The molecule has 164 valence electrons. The van der Waals surface area contributed by atoms with Gasteiger partial charge in [0.2, 0.25) is 0 Å². The van der Waals surface area contributed by atoms with Gasteiger partial charge in [-0.3, -0.25) is 9.69 Å². The van der Waals surface area contributed by atoms with Crippen molar-refractivity contribution in [1.29, 1.82) is 0 Å². The molecule has 0 spiro atoms. The first-order valence-electron chi connectivity index (χ1n) is 10.1. The Balaban J connectivity index is 0.000000297. The van der Waals surface area contributed by atoms with Crippen LogP contribution in [-0.2, 0) is 11.3 Å². The number of anilines is 1. The zero-order valence-corrected chi connectivity index (χ0v) is 19.0. The van der Waals surface area contributed by atoms with Crippen LogP contribution in [0.15, 0.2) is 48.5 Å². The van der Waals surface area contributed by atoms with Crippen LogP contribution in [-0.4, -0.2) is 75.8 Å². The largest absolute Gasteiger partial charge is 0.495 e. The van der Waals surface area contributed by atoms with Gasteiger partial charge < -0.3 is 19.1 Å². The maximum Gasteiger partial charge on any atom is 0.150 e. The van der Waals surface area contributed by atoms with Crippen LogP contribution in [0.1, 0.15) is 15.9 Å². The highest BCUT2D eigenvalue weighted by Gasteiger charge is 2.13. The van der Waals surface area contributed by atoms with E-state index in [1.54, 1.807) is 32.2 Å². The highest BCUT2D eigenvalue weighted by molar-refractivity contribution is 8.00. The summed E-state index contributed by atoms with van der Waals surface area (Å²) in [5, 5.41) is 0. The predicted octanol–water partition coefficient (Wildman–Crippen LogP) is 3.65. The normalized spacial score (nSPS) is 14.5. The summed E-state index contributed by atoms with van der Waals surface area (Å²) in [4.78, 5) is 15.7. The van der Waals surface area contributed by atoms with Crippen LogP contribution < -0.4 is 9.46 Å². The number of likely N-dealkylation sites (N-methyl/N-ethyl adjacent to an activating group) is 1. The van der Waals surface area contributed by atoms with Gasteiger partial charge in [-0.2, -0.15) is 0 Å². The number of ether oxygens (including phenoxy) is 2. The molecule has 0 saturated carbocycles. The zero-order chi connectivity index (χ0) is 21.6. The maximum absolute atomic E-state index is 10.8. The summed E-state index contributed by atoms with van der Waals surface area (Å²) >= 11 is 1.65. The Morgan fingerprint density at radius 1 is 1.07 bits per heavy atom. The monoisotopic (exact) mass is 431 g/mol. The highest BCUT2D eigenvalue weighted by Crippen LogP contribution is 2.27. The first kappa shape index (κ1) is 24.2. The summed E-state index contributed by atoms with van der Waals surface area (Å²) in [7, 11) is 5.50. The molecule has 0 radical (unpaired) electrons. The first-order chi connectivity index (χ1) is 14.7. The van der Waals surface area contributed by atoms with Gasteiger partial charge in [-0.1, -0.05) is 42.3 Å². The Kier molecular flexibility index (Phi) is 11.3. The minimum atomic E-state index is 0.651. The minimum Gasteiger partial charge on any atom is -0.495 e. The summed E-state index contributed by atoms with van der Waals surface area (Å²) < 4.78 is 13.5. The van der Waals surface area contributed by atoms with E-state index in [9.17, 15) is 4.79 Å². The van der Waals surface area contributed by atoms with Crippen molar-refractivity contribution in [1.82, 2.24) is 9.80 Å². The van der Waals surface area contributed by atoms with Crippen LogP contribution in [0.3, 0.4) is 0 Å². The second kappa shape index (κ2) is 14.0. The molecule has 7 heteroatoms. The van der Waals surface area contributed by atoms with Crippen molar-refractivity contribution in [2.45, 2.75) is 6.61 Å². The molecule has 2 aromatic rings. The van der Waals surface area contributed by atoms with Gasteiger partial charge in [0.1, 0.15) is 12.0 Å². The Bertz CT molecular complexity index is 738. The molecule has 30 heavy (non-hydrogen) atoms. The number of rotatable bonds is 9. The van der Waals surface area contributed by atoms with E-state index >= 15 is 0 Å². The van der Waals surface area contributed by atoms with Gasteiger partial charge in [-0.05, 0) is 30.8 Å². The van der Waals surface area contributed by atoms with Gasteiger partial charge in [0, 0.05) is 51.1 Å². The molecule has 0 bridgehead atoms. The number of carbonyl (C=O) groups is 1. The predicted molar refractivity (Wildman–Crippen MR) is 126 cm³/mol. The quantitative estimate of drug-likeness (QED) is 0.369. The van der Waals surface area contributed by atoms with Crippen LogP contribution in [0, 0.1) is 0 Å². The fourth-order valence-electron chi connectivity index (χ4n) is 2.99. The molecule has 0 aliphatic carbocycles. The molecule has 1 saturated heterocycles. The molecule has 0 unspecified atom stereocenters. The lowest BCUT2D eigenvalue weighted by Gasteiger charge is -2.32. The number of carbonyl (C=O) groups excluding carboxylic acids is 1. The molecular weight excluding hydrogens is 398 g/mol. The average molecular weight is 432 g/mol. The Morgan fingerprint density at radius 3 is 2.43 bits per heavy atom. The Morgan fingerprint density at radius 2 is 1.80 bits per heavy atom. The molecule has 0 atom stereocenters. The van der Waals surface area contributed by atoms with E-state index in [0.29, 0.717) is 12.2 Å². The van der Waals surface area contributed by atoms with Crippen LogP contribution in [0.5, 0.6) is 5.75 Å². The van der Waals surface area contributed by atoms with Gasteiger partial charge in [-0.25, -0.2) is 0 Å². The summed E-state index contributed by atoms with van der Waals surface area (Å²) in [5.41, 5.74) is 2.73. The number of nitrogens with zero attached hydrogens (tertiary/aromatic N) is 2. The van der Waals surface area contributed by atoms with Crippen LogP contribution >= 0.6 is 11.9 Å². The minimum absolute atomic E-state index is 0.651. The van der Waals surface area contributed by atoms with E-state index in [2.05, 4.69) is 21.6 Å². The molecule has 1 fully saturated rings. The van der Waals surface area contributed by atoms with Crippen molar-refractivity contribution in [3.05, 3.63) is 59.7 Å². The molecule has 3 rings (SSSR count). The van der Waals surface area contributed by atoms with E-state index in [4.69, 9.17) is 9.47 Å². The van der Waals surface area contributed by atoms with Gasteiger partial charge >= 0.3 is 0 Å². The molecule has 1 aliphatic rings. The number of methoxy groups -OCH3 is 2. The van der Waals surface area contributed by atoms with Gasteiger partial charge in [0.25, 0.3) is 0 Å². The lowest BCUT2D eigenvalue weighted by Crippen LogP contribution is -2.45. The molecule has 1 N–H and O–H groups in total. The van der Waals surface area contributed by atoms with Gasteiger partial charge in [0.05, 0.1) is 19.4 Å². The fraction of sp³-hybridized carbons (Fsp3) is 0.435. The lowest BCUT2D eigenvalue weighted by molar-refractivity contribution is 0.112. The summed E-state index contributed by atoms with van der Waals surface area (Å²) in [6, 6.07) is 15.5. The number of hydrogen-bond acceptors (Lipinski definition) is 7. The number of nitrogens with one attached hydrogen (secondary N) is 1. The van der Waals surface area contributed by atoms with E-state index in [-0.39, 0.29) is 0 Å². The fourth-order valence-corrected chi connectivity index (χ4v) is 3.76. The van der Waals surface area contributed by atoms with Crippen molar-refractivity contribution < 1.29 is 14.3 Å². The smallest absolute Gasteiger partial charge is 0.150 e. The average Bonchev–Trinajstić information content (AvgIpc) is 2.79. The third-order valence-electron chi connectivity index (χ3n) is 4.80. The summed E-state index contributed by atoms with van der Waals surface area (Å²) in [6.07, 6.45) is 0.847. The third kappa shape index (κ3) is 8.75. The number of hydrogen-bond donors (Lipinski definition) is 1. The first-order valence-corrected chi connectivity index (χ1v) is 11.1. The topological polar surface area (TPSA) is 54.0 Å². The van der Waals surface area contributed by atoms with Crippen molar-refractivity contribution in [2.75, 3.05) is 64.5 Å². The molecule has 1 heterocycles. The summed E-state index contributed by atoms with van der Waals surface area (Å²) in [5.74, 6) is 1.76. The SMILES string of the molecule is COCc1ccccc1.COc1ccc(C=O)cc1NSCCN1CCN(C)CC1. The van der Waals surface area contributed by atoms with Gasteiger partial charge in [-0.15, -0.1) is 0 Å². The number of benzene rings is 2. The molecule has 2 aromatic carbocycles. The highest BCUT2D eigenvalue weighted by atomic mass is 32.2. The van der Waals surface area contributed by atoms with Crippen molar-refractivity contribution >= 4 is 23.9 Å². The summed E-state index contributed by atoms with van der Waals surface area (Å²) in [6.45, 7) is 6.35. The molecular formula is C23H33N3O3S. The molecule has 1 aliphatic heterocycles. The van der Waals surface area contributed by atoms with E-state index in [1.165, 1.54) is 5.56 Å².